The second-order valence-corrected chi connectivity index (χ2v) is 3.60. The van der Waals surface area contributed by atoms with Crippen LogP contribution in [0.3, 0.4) is 0 Å². The fourth-order valence-electron chi connectivity index (χ4n) is 1.57. The Morgan fingerprint density at radius 3 is 2.77 bits per heavy atom. The van der Waals surface area contributed by atoms with E-state index in [4.69, 9.17) is 5.73 Å². The van der Waals surface area contributed by atoms with E-state index in [9.17, 15) is 0 Å². The normalized spacial score (nSPS) is 17.7. The van der Waals surface area contributed by atoms with Gasteiger partial charge in [0, 0.05) is 18.4 Å². The third-order valence-electron chi connectivity index (χ3n) is 2.55. The highest BCUT2D eigenvalue weighted by Gasteiger charge is 2.29. The van der Waals surface area contributed by atoms with E-state index in [1.807, 2.05) is 18.5 Å². The van der Waals surface area contributed by atoms with Gasteiger partial charge in [0.15, 0.2) is 0 Å². The highest BCUT2D eigenvalue weighted by Crippen LogP contribution is 2.39. The van der Waals surface area contributed by atoms with Gasteiger partial charge in [0.05, 0.1) is 0 Å². The maximum absolute atomic E-state index is 6.07. The fraction of sp³-hybridized carbons (Fsp3) is 0.500. The first-order valence-corrected chi connectivity index (χ1v) is 4.45. The molecular weight excluding hydrogens is 184 g/mol. The molecule has 1 fully saturated rings. The molecule has 0 saturated heterocycles. The van der Waals surface area contributed by atoms with Gasteiger partial charge in [0.2, 0.25) is 0 Å². The predicted molar refractivity (Wildman–Crippen MR) is 55.9 cm³/mol. The zero-order chi connectivity index (χ0) is 8.55. The van der Waals surface area contributed by atoms with Crippen molar-refractivity contribution in [1.29, 1.82) is 0 Å². The van der Waals surface area contributed by atoms with Crippen molar-refractivity contribution in [2.45, 2.75) is 25.8 Å². The summed E-state index contributed by atoms with van der Waals surface area (Å²) in [5, 5.41) is 0. The molecule has 0 radical (unpaired) electrons. The number of hydrogen-bond donors (Lipinski definition) is 1. The molecule has 0 bridgehead atoms. The first-order chi connectivity index (χ1) is 5.79. The fourth-order valence-corrected chi connectivity index (χ4v) is 1.57. The van der Waals surface area contributed by atoms with E-state index < -0.39 is 0 Å². The molecule has 1 aromatic rings. The maximum atomic E-state index is 6.07. The van der Waals surface area contributed by atoms with Crippen LogP contribution in [0.4, 0.5) is 0 Å². The van der Waals surface area contributed by atoms with Crippen LogP contribution < -0.4 is 5.73 Å². The lowest BCUT2D eigenvalue weighted by molar-refractivity contribution is 0.628. The minimum atomic E-state index is 0. The summed E-state index contributed by atoms with van der Waals surface area (Å²) in [6.45, 7) is 2.07. The molecule has 2 rings (SSSR count). The molecule has 0 spiro atoms. The van der Waals surface area contributed by atoms with Gasteiger partial charge in [-0.25, -0.2) is 0 Å². The Bertz CT molecular complexity index is 284. The van der Waals surface area contributed by atoms with E-state index in [0.29, 0.717) is 0 Å². The Hall–Kier alpha value is -0.600. The maximum Gasteiger partial charge on any atom is 0.0327 e. The van der Waals surface area contributed by atoms with E-state index in [0.717, 1.165) is 5.92 Å². The number of aromatic nitrogens is 1. The van der Waals surface area contributed by atoms with Crippen LogP contribution >= 0.6 is 12.4 Å². The van der Waals surface area contributed by atoms with Gasteiger partial charge in [-0.05, 0) is 42.9 Å². The van der Waals surface area contributed by atoms with Gasteiger partial charge >= 0.3 is 0 Å². The molecule has 1 saturated carbocycles. The van der Waals surface area contributed by atoms with Gasteiger partial charge in [-0.15, -0.1) is 12.4 Å². The van der Waals surface area contributed by atoms with Crippen molar-refractivity contribution in [1.82, 2.24) is 4.98 Å². The zero-order valence-electron chi connectivity index (χ0n) is 7.73. The van der Waals surface area contributed by atoms with E-state index in [1.54, 1.807) is 0 Å². The highest BCUT2D eigenvalue weighted by atomic mass is 35.5. The summed E-state index contributed by atoms with van der Waals surface area (Å²) in [5.41, 5.74) is 8.56. The van der Waals surface area contributed by atoms with Crippen LogP contribution in [0.2, 0.25) is 0 Å². The summed E-state index contributed by atoms with van der Waals surface area (Å²) >= 11 is 0. The first-order valence-electron chi connectivity index (χ1n) is 4.45. The number of nitrogens with two attached hydrogens (primary N) is 1. The summed E-state index contributed by atoms with van der Waals surface area (Å²) in [5.74, 6) is 0.728. The minimum Gasteiger partial charge on any atom is -0.324 e. The third-order valence-corrected chi connectivity index (χ3v) is 2.55. The zero-order valence-corrected chi connectivity index (χ0v) is 8.55. The Morgan fingerprint density at radius 1 is 1.54 bits per heavy atom. The van der Waals surface area contributed by atoms with Crippen molar-refractivity contribution in [3.8, 4) is 0 Å². The molecule has 2 nitrogen and oxygen atoms in total. The molecule has 0 aromatic carbocycles. The quantitative estimate of drug-likeness (QED) is 0.792. The molecule has 72 valence electrons. The number of hydrogen-bond acceptors (Lipinski definition) is 2. The third kappa shape index (κ3) is 2.20. The first kappa shape index (κ1) is 10.5. The summed E-state index contributed by atoms with van der Waals surface area (Å²) < 4.78 is 0. The number of nitrogens with zero attached hydrogens (tertiary/aromatic N) is 1. The highest BCUT2D eigenvalue weighted by molar-refractivity contribution is 5.85. The molecule has 1 aliphatic rings. The summed E-state index contributed by atoms with van der Waals surface area (Å²) in [7, 11) is 0. The Balaban J connectivity index is 0.000000845. The molecule has 1 atom stereocenters. The van der Waals surface area contributed by atoms with Gasteiger partial charge in [-0.1, -0.05) is 0 Å². The molecule has 3 heteroatoms. The minimum absolute atomic E-state index is 0. The monoisotopic (exact) mass is 198 g/mol. The van der Waals surface area contributed by atoms with Crippen LogP contribution in [-0.4, -0.2) is 4.98 Å². The molecule has 1 aliphatic carbocycles. The number of halogens is 1. The van der Waals surface area contributed by atoms with Crippen LogP contribution in [0.15, 0.2) is 18.5 Å². The topological polar surface area (TPSA) is 38.9 Å². The predicted octanol–water partition coefficient (Wildman–Crippen LogP) is 2.22. The number of aryl methyl sites for hydroxylation is 1. The molecular formula is C10H15ClN2. The lowest BCUT2D eigenvalue weighted by Crippen LogP contribution is -2.13. The van der Waals surface area contributed by atoms with Gasteiger partial charge in [-0.2, -0.15) is 0 Å². The van der Waals surface area contributed by atoms with Crippen LogP contribution in [0, 0.1) is 12.8 Å². The van der Waals surface area contributed by atoms with Gasteiger partial charge in [0.1, 0.15) is 0 Å². The smallest absolute Gasteiger partial charge is 0.0327 e. The SMILES string of the molecule is Cc1cnccc1C(N)C1CC1.Cl. The second kappa shape index (κ2) is 4.07. The molecule has 13 heavy (non-hydrogen) atoms. The second-order valence-electron chi connectivity index (χ2n) is 3.60. The van der Waals surface area contributed by atoms with Crippen LogP contribution in [0.5, 0.6) is 0 Å². The molecule has 0 amide bonds. The summed E-state index contributed by atoms with van der Waals surface area (Å²) in [4.78, 5) is 4.05. The van der Waals surface area contributed by atoms with Gasteiger partial charge in [-0.3, -0.25) is 4.98 Å². The standard InChI is InChI=1S/C10H14N2.ClH/c1-7-6-12-5-4-9(7)10(11)8-2-3-8;/h4-6,8,10H,2-3,11H2,1H3;1H. The molecule has 2 N–H and O–H groups in total. The summed E-state index contributed by atoms with van der Waals surface area (Å²) in [6.07, 6.45) is 6.30. The van der Waals surface area contributed by atoms with Crippen LogP contribution in [-0.2, 0) is 0 Å². The molecule has 1 unspecified atom stereocenters. The lowest BCUT2D eigenvalue weighted by atomic mass is 10.0. The van der Waals surface area contributed by atoms with Gasteiger partial charge in [0.25, 0.3) is 0 Å². The van der Waals surface area contributed by atoms with Crippen molar-refractivity contribution in [2.75, 3.05) is 0 Å². The van der Waals surface area contributed by atoms with E-state index in [2.05, 4.69) is 11.9 Å². The largest absolute Gasteiger partial charge is 0.324 e. The van der Waals surface area contributed by atoms with E-state index in [1.165, 1.54) is 24.0 Å². The van der Waals surface area contributed by atoms with E-state index in [-0.39, 0.29) is 18.4 Å². The van der Waals surface area contributed by atoms with Crippen LogP contribution in [0.1, 0.15) is 30.0 Å². The van der Waals surface area contributed by atoms with Crippen molar-refractivity contribution >= 4 is 12.4 Å². The molecule has 1 heterocycles. The summed E-state index contributed by atoms with van der Waals surface area (Å²) in [6, 6.07) is 2.28. The number of pyridine rings is 1. The Kier molecular flexibility index (Phi) is 3.28. The van der Waals surface area contributed by atoms with E-state index >= 15 is 0 Å². The van der Waals surface area contributed by atoms with Gasteiger partial charge < -0.3 is 5.73 Å². The Labute approximate surface area is 85.0 Å². The Morgan fingerprint density at radius 2 is 2.23 bits per heavy atom. The lowest BCUT2D eigenvalue weighted by Gasteiger charge is -2.12. The molecule has 0 aliphatic heterocycles. The van der Waals surface area contributed by atoms with Crippen molar-refractivity contribution < 1.29 is 0 Å². The average molecular weight is 199 g/mol. The van der Waals surface area contributed by atoms with Crippen LogP contribution in [0.25, 0.3) is 0 Å². The molecule has 1 aromatic heterocycles. The van der Waals surface area contributed by atoms with Crippen molar-refractivity contribution in [2.24, 2.45) is 11.7 Å². The van der Waals surface area contributed by atoms with Crippen molar-refractivity contribution in [3.63, 3.8) is 0 Å². The number of rotatable bonds is 2. The van der Waals surface area contributed by atoms with Crippen molar-refractivity contribution in [3.05, 3.63) is 29.6 Å². The average Bonchev–Trinajstić information content (AvgIpc) is 2.86.